The second-order valence-electron chi connectivity index (χ2n) is 7.73. The molecule has 1 aromatic heterocycles. The van der Waals surface area contributed by atoms with Gasteiger partial charge >= 0.3 is 6.01 Å². The van der Waals surface area contributed by atoms with Gasteiger partial charge in [-0.1, -0.05) is 18.1 Å². The van der Waals surface area contributed by atoms with E-state index in [0.29, 0.717) is 30.5 Å². The number of nitrogens with one attached hydrogen (secondary N) is 1. The van der Waals surface area contributed by atoms with Gasteiger partial charge in [-0.25, -0.2) is 8.42 Å². The molecule has 0 bridgehead atoms. The Morgan fingerprint density at radius 1 is 1.19 bits per heavy atom. The number of amides is 1. The van der Waals surface area contributed by atoms with Crippen molar-refractivity contribution < 1.29 is 17.6 Å². The van der Waals surface area contributed by atoms with Crippen molar-refractivity contribution in [2.45, 2.75) is 29.6 Å². The van der Waals surface area contributed by atoms with E-state index in [4.69, 9.17) is 4.42 Å². The fourth-order valence-corrected chi connectivity index (χ4v) is 5.67. The van der Waals surface area contributed by atoms with Crippen LogP contribution in [0.25, 0.3) is 11.5 Å². The lowest BCUT2D eigenvalue weighted by Gasteiger charge is -2.30. The van der Waals surface area contributed by atoms with Crippen molar-refractivity contribution in [2.24, 2.45) is 5.92 Å². The van der Waals surface area contributed by atoms with Gasteiger partial charge in [0.1, 0.15) is 0 Å². The SMILES string of the molecule is CSc1cccc(-c2nnc(NC(=O)c3ccc(S(=O)(=O)N4CCCC(C)C4)cc3)o2)c1. The van der Waals surface area contributed by atoms with E-state index in [1.54, 1.807) is 11.8 Å². The summed E-state index contributed by atoms with van der Waals surface area (Å²) >= 11 is 1.60. The highest BCUT2D eigenvalue weighted by atomic mass is 32.2. The molecule has 10 heteroatoms. The predicted octanol–water partition coefficient (Wildman–Crippen LogP) is 4.13. The lowest BCUT2D eigenvalue weighted by molar-refractivity contribution is 0.102. The highest BCUT2D eigenvalue weighted by Crippen LogP contribution is 2.26. The van der Waals surface area contributed by atoms with Gasteiger partial charge in [-0.3, -0.25) is 10.1 Å². The molecule has 2 heterocycles. The van der Waals surface area contributed by atoms with E-state index in [0.717, 1.165) is 23.3 Å². The summed E-state index contributed by atoms with van der Waals surface area (Å²) in [5.74, 6) is 0.174. The summed E-state index contributed by atoms with van der Waals surface area (Å²) in [4.78, 5) is 13.8. The first-order valence-electron chi connectivity index (χ1n) is 10.3. The third-order valence-electron chi connectivity index (χ3n) is 5.34. The number of anilines is 1. The average Bonchev–Trinajstić information content (AvgIpc) is 3.27. The zero-order valence-electron chi connectivity index (χ0n) is 17.8. The number of hydrogen-bond donors (Lipinski definition) is 1. The molecule has 1 amide bonds. The fraction of sp³-hybridized carbons (Fsp3) is 0.318. The maximum Gasteiger partial charge on any atom is 0.322 e. The maximum atomic E-state index is 12.9. The van der Waals surface area contributed by atoms with Crippen LogP contribution in [-0.2, 0) is 10.0 Å². The van der Waals surface area contributed by atoms with Crippen LogP contribution in [0.4, 0.5) is 6.01 Å². The van der Waals surface area contributed by atoms with Crippen molar-refractivity contribution in [3.63, 3.8) is 0 Å². The molecule has 0 radical (unpaired) electrons. The van der Waals surface area contributed by atoms with Gasteiger partial charge < -0.3 is 4.42 Å². The third kappa shape index (κ3) is 4.87. The summed E-state index contributed by atoms with van der Waals surface area (Å²) in [6, 6.07) is 13.5. The van der Waals surface area contributed by atoms with Crippen LogP contribution in [-0.4, -0.2) is 48.2 Å². The Kier molecular flexibility index (Phi) is 6.63. The van der Waals surface area contributed by atoms with E-state index >= 15 is 0 Å². The topological polar surface area (TPSA) is 105 Å². The highest BCUT2D eigenvalue weighted by molar-refractivity contribution is 7.98. The lowest BCUT2D eigenvalue weighted by Crippen LogP contribution is -2.39. The number of carbonyl (C=O) groups is 1. The molecule has 0 aliphatic carbocycles. The molecule has 1 unspecified atom stereocenters. The number of thioether (sulfide) groups is 1. The van der Waals surface area contributed by atoms with Crippen molar-refractivity contribution >= 4 is 33.7 Å². The number of sulfonamides is 1. The summed E-state index contributed by atoms with van der Waals surface area (Å²) in [5.41, 5.74) is 1.05. The van der Waals surface area contributed by atoms with Crippen LogP contribution < -0.4 is 5.32 Å². The molecule has 0 spiro atoms. The molecule has 1 atom stereocenters. The van der Waals surface area contributed by atoms with Crippen LogP contribution in [0.5, 0.6) is 0 Å². The molecule has 1 saturated heterocycles. The molecule has 1 aliphatic heterocycles. The van der Waals surface area contributed by atoms with Crippen molar-refractivity contribution in [2.75, 3.05) is 24.7 Å². The molecule has 8 nitrogen and oxygen atoms in total. The smallest absolute Gasteiger partial charge is 0.322 e. The molecule has 168 valence electrons. The number of carbonyl (C=O) groups excluding carboxylic acids is 1. The Bertz CT molecular complexity index is 1210. The number of piperidine rings is 1. The van der Waals surface area contributed by atoms with Crippen molar-refractivity contribution in [1.29, 1.82) is 0 Å². The van der Waals surface area contributed by atoms with Gasteiger partial charge in [-0.05, 0) is 67.5 Å². The fourth-order valence-electron chi connectivity index (χ4n) is 3.61. The Labute approximate surface area is 191 Å². The van der Waals surface area contributed by atoms with Crippen molar-refractivity contribution in [3.05, 3.63) is 54.1 Å². The Morgan fingerprint density at radius 2 is 1.97 bits per heavy atom. The molecule has 2 aromatic carbocycles. The normalized spacial score (nSPS) is 17.2. The first kappa shape index (κ1) is 22.5. The van der Waals surface area contributed by atoms with Crippen LogP contribution in [0.15, 0.2) is 62.7 Å². The number of nitrogens with zero attached hydrogens (tertiary/aromatic N) is 3. The minimum atomic E-state index is -3.57. The van der Waals surface area contributed by atoms with Crippen LogP contribution in [0, 0.1) is 5.92 Å². The van der Waals surface area contributed by atoms with E-state index in [9.17, 15) is 13.2 Å². The second kappa shape index (κ2) is 9.43. The van der Waals surface area contributed by atoms with E-state index in [1.165, 1.54) is 28.6 Å². The number of benzene rings is 2. The standard InChI is InChI=1S/C22H24N4O4S2/c1-15-5-4-12-26(14-15)32(28,29)19-10-8-16(9-11-19)20(27)23-22-25-24-21(30-22)17-6-3-7-18(13-17)31-2/h3,6-11,13,15H,4-5,12,14H2,1-2H3,(H,23,25,27). The van der Waals surface area contributed by atoms with Crippen molar-refractivity contribution in [3.8, 4) is 11.5 Å². The Balaban J connectivity index is 1.45. The quantitative estimate of drug-likeness (QED) is 0.538. The number of aromatic nitrogens is 2. The van der Waals surface area contributed by atoms with E-state index < -0.39 is 15.9 Å². The van der Waals surface area contributed by atoms with E-state index in [-0.39, 0.29) is 10.9 Å². The van der Waals surface area contributed by atoms with Gasteiger partial charge in [0.2, 0.25) is 15.9 Å². The molecule has 1 fully saturated rings. The average molecular weight is 473 g/mol. The van der Waals surface area contributed by atoms with E-state index in [1.807, 2.05) is 30.5 Å². The van der Waals surface area contributed by atoms with E-state index in [2.05, 4.69) is 22.4 Å². The summed E-state index contributed by atoms with van der Waals surface area (Å²) in [6.07, 6.45) is 3.86. The van der Waals surface area contributed by atoms with Gasteiger partial charge in [-0.15, -0.1) is 16.9 Å². The molecular formula is C22H24N4O4S2. The molecule has 3 aromatic rings. The summed E-state index contributed by atoms with van der Waals surface area (Å²) in [5, 5.41) is 10.4. The van der Waals surface area contributed by atoms with Gasteiger partial charge in [0.15, 0.2) is 0 Å². The minimum absolute atomic E-state index is 0.0291. The second-order valence-corrected chi connectivity index (χ2v) is 10.6. The zero-order valence-corrected chi connectivity index (χ0v) is 19.4. The molecule has 0 saturated carbocycles. The summed E-state index contributed by atoms with van der Waals surface area (Å²) < 4.78 is 32.8. The first-order chi connectivity index (χ1) is 15.4. The number of rotatable bonds is 6. The van der Waals surface area contributed by atoms with Gasteiger partial charge in [-0.2, -0.15) is 4.31 Å². The third-order valence-corrected chi connectivity index (χ3v) is 7.94. The summed E-state index contributed by atoms with van der Waals surface area (Å²) in [6.45, 7) is 3.09. The molecule has 32 heavy (non-hydrogen) atoms. The molecule has 4 rings (SSSR count). The lowest BCUT2D eigenvalue weighted by atomic mass is 10.0. The summed E-state index contributed by atoms with van der Waals surface area (Å²) in [7, 11) is -3.57. The van der Waals surface area contributed by atoms with Crippen molar-refractivity contribution in [1.82, 2.24) is 14.5 Å². The Morgan fingerprint density at radius 3 is 2.69 bits per heavy atom. The minimum Gasteiger partial charge on any atom is -0.403 e. The van der Waals surface area contributed by atoms with Crippen LogP contribution >= 0.6 is 11.8 Å². The van der Waals surface area contributed by atoms with Gasteiger partial charge in [0.25, 0.3) is 5.91 Å². The monoisotopic (exact) mass is 472 g/mol. The highest BCUT2D eigenvalue weighted by Gasteiger charge is 2.28. The Hall–Kier alpha value is -2.69. The van der Waals surface area contributed by atoms with Gasteiger partial charge in [0.05, 0.1) is 4.90 Å². The maximum absolute atomic E-state index is 12.9. The van der Waals surface area contributed by atoms with Gasteiger partial charge in [0, 0.05) is 29.1 Å². The largest absolute Gasteiger partial charge is 0.403 e. The zero-order chi connectivity index (χ0) is 22.7. The molecule has 1 aliphatic rings. The molecule has 1 N–H and O–H groups in total. The predicted molar refractivity (Wildman–Crippen MR) is 123 cm³/mol. The molecular weight excluding hydrogens is 448 g/mol. The van der Waals surface area contributed by atoms with Crippen LogP contribution in [0.3, 0.4) is 0 Å². The first-order valence-corrected chi connectivity index (χ1v) is 12.9. The van der Waals surface area contributed by atoms with Crippen LogP contribution in [0.1, 0.15) is 30.1 Å². The van der Waals surface area contributed by atoms with Crippen LogP contribution in [0.2, 0.25) is 0 Å². The number of hydrogen-bond acceptors (Lipinski definition) is 7.